The normalized spacial score (nSPS) is 33.4. The van der Waals surface area contributed by atoms with E-state index < -0.39 is 80.1 Å². The summed E-state index contributed by atoms with van der Waals surface area (Å²) in [5.74, 6) is -2.64. The van der Waals surface area contributed by atoms with E-state index in [9.17, 15) is 35.1 Å². The van der Waals surface area contributed by atoms with Gasteiger partial charge in [-0.15, -0.1) is 0 Å². The maximum Gasteiger partial charge on any atom is 0.337 e. The van der Waals surface area contributed by atoms with Crippen LogP contribution in [-0.4, -0.2) is 108 Å². The van der Waals surface area contributed by atoms with Gasteiger partial charge in [-0.3, -0.25) is 0 Å². The van der Waals surface area contributed by atoms with Crippen LogP contribution < -0.4 is 4.74 Å². The van der Waals surface area contributed by atoms with Crippen molar-refractivity contribution in [1.29, 1.82) is 0 Å². The molecule has 0 aromatic heterocycles. The number of aliphatic hydroxyl groups is 5. The minimum absolute atomic E-state index is 0.0118. The predicted octanol–water partition coefficient (Wildman–Crippen LogP) is -0.985. The minimum atomic E-state index is -1.72. The molecule has 1 aliphatic carbocycles. The zero-order valence-electron chi connectivity index (χ0n) is 21.7. The molecule has 0 bridgehead atoms. The fraction of sp³-hybridized carbons (Fsp3) is 0.481. The summed E-state index contributed by atoms with van der Waals surface area (Å²) in [6.07, 6.45) is -4.82. The molecule has 1 aromatic rings. The van der Waals surface area contributed by atoms with Gasteiger partial charge in [0.2, 0.25) is 6.29 Å². The molecule has 1 aromatic carbocycles. The second-order valence-electron chi connectivity index (χ2n) is 9.36. The first-order valence-electron chi connectivity index (χ1n) is 12.5. The Kier molecular flexibility index (Phi) is 9.58. The molecule has 2 heterocycles. The molecule has 0 amide bonds. The molecule has 5 N–H and O–H groups in total. The van der Waals surface area contributed by atoms with Crippen molar-refractivity contribution in [2.24, 2.45) is 11.8 Å². The standard InChI is InChI=1S/C27H32O13/c1-35-15-6-3-13(4-7-15)5-8-19(30)38-17-9-14(10-28)20-21(17)16(25(34)36-2)12-37-26(20)40-27-24(33)23(32)22(31)18(11-29)39-27/h3-9,12,17-18,20-24,26-29,31-33H,10-11H2,1-2H3. The Bertz CT molecular complexity index is 1140. The molecular formula is C27H32O13. The summed E-state index contributed by atoms with van der Waals surface area (Å²) in [5, 5.41) is 50.2. The van der Waals surface area contributed by atoms with Crippen molar-refractivity contribution in [3.8, 4) is 5.75 Å². The lowest BCUT2D eigenvalue weighted by Gasteiger charge is -2.43. The van der Waals surface area contributed by atoms with Crippen molar-refractivity contribution in [3.63, 3.8) is 0 Å². The van der Waals surface area contributed by atoms with E-state index in [1.165, 1.54) is 32.4 Å². The molecule has 40 heavy (non-hydrogen) atoms. The van der Waals surface area contributed by atoms with Crippen LogP contribution in [0.5, 0.6) is 5.75 Å². The van der Waals surface area contributed by atoms with Crippen LogP contribution in [0.4, 0.5) is 0 Å². The first-order chi connectivity index (χ1) is 19.2. The van der Waals surface area contributed by atoms with Gasteiger partial charge in [-0.2, -0.15) is 0 Å². The summed E-state index contributed by atoms with van der Waals surface area (Å²) < 4.78 is 32.5. The molecule has 0 spiro atoms. The maximum atomic E-state index is 12.7. The second-order valence-corrected chi connectivity index (χ2v) is 9.36. The zero-order chi connectivity index (χ0) is 29.0. The van der Waals surface area contributed by atoms with Crippen LogP contribution in [0.15, 0.2) is 53.8 Å². The first kappa shape index (κ1) is 29.7. The van der Waals surface area contributed by atoms with Crippen LogP contribution in [0, 0.1) is 11.8 Å². The molecule has 2 aliphatic heterocycles. The average molecular weight is 565 g/mol. The Morgan fingerprint density at radius 2 is 1.70 bits per heavy atom. The van der Waals surface area contributed by atoms with E-state index in [-0.39, 0.29) is 5.57 Å². The molecular weight excluding hydrogens is 532 g/mol. The molecule has 4 rings (SSSR count). The molecule has 9 unspecified atom stereocenters. The number of rotatable bonds is 9. The van der Waals surface area contributed by atoms with E-state index >= 15 is 0 Å². The molecule has 3 aliphatic rings. The lowest BCUT2D eigenvalue weighted by molar-refractivity contribution is -0.340. The Hall–Kier alpha value is -3.30. The predicted molar refractivity (Wildman–Crippen MR) is 134 cm³/mol. The van der Waals surface area contributed by atoms with Crippen molar-refractivity contribution in [1.82, 2.24) is 0 Å². The lowest BCUT2D eigenvalue weighted by Crippen LogP contribution is -2.60. The third-order valence-corrected chi connectivity index (χ3v) is 7.03. The quantitative estimate of drug-likeness (QED) is 0.140. The maximum absolute atomic E-state index is 12.7. The number of hydrogen-bond acceptors (Lipinski definition) is 13. The largest absolute Gasteiger partial charge is 0.497 e. The van der Waals surface area contributed by atoms with E-state index in [2.05, 4.69) is 0 Å². The van der Waals surface area contributed by atoms with Crippen LogP contribution in [0.3, 0.4) is 0 Å². The van der Waals surface area contributed by atoms with Gasteiger partial charge in [-0.05, 0) is 35.4 Å². The SMILES string of the molecule is COC(=O)C1=COC(OC2OC(CO)C(O)C(O)C2O)C2C(CO)=CC(OC(=O)C=Cc3ccc(OC)cc3)C12. The summed E-state index contributed by atoms with van der Waals surface area (Å²) in [6, 6.07) is 6.95. The third-order valence-electron chi connectivity index (χ3n) is 7.03. The number of ether oxygens (including phenoxy) is 6. The summed E-state index contributed by atoms with van der Waals surface area (Å²) in [6.45, 7) is -1.18. The minimum Gasteiger partial charge on any atom is -0.497 e. The van der Waals surface area contributed by atoms with Gasteiger partial charge in [0.15, 0.2) is 6.29 Å². The number of hydrogen-bond donors (Lipinski definition) is 5. The Morgan fingerprint density at radius 1 is 0.975 bits per heavy atom. The van der Waals surface area contributed by atoms with E-state index in [1.807, 2.05) is 0 Å². The molecule has 218 valence electrons. The van der Waals surface area contributed by atoms with Crippen LogP contribution in [-0.2, 0) is 33.3 Å². The first-order valence-corrected chi connectivity index (χ1v) is 12.5. The molecule has 13 heteroatoms. The summed E-state index contributed by atoms with van der Waals surface area (Å²) >= 11 is 0. The van der Waals surface area contributed by atoms with Gasteiger partial charge in [-0.25, -0.2) is 9.59 Å². The summed E-state index contributed by atoms with van der Waals surface area (Å²) in [4.78, 5) is 25.3. The van der Waals surface area contributed by atoms with Gasteiger partial charge in [0, 0.05) is 12.0 Å². The number of aliphatic hydroxyl groups excluding tert-OH is 5. The average Bonchev–Trinajstić information content (AvgIpc) is 3.34. The lowest BCUT2D eigenvalue weighted by atomic mass is 9.82. The van der Waals surface area contributed by atoms with Gasteiger partial charge in [-0.1, -0.05) is 12.1 Å². The Balaban J connectivity index is 1.55. The number of carbonyl (C=O) groups excluding carboxylic acids is 2. The zero-order valence-corrected chi connectivity index (χ0v) is 21.7. The number of carbonyl (C=O) groups is 2. The van der Waals surface area contributed by atoms with Crippen LogP contribution in [0.1, 0.15) is 5.56 Å². The Morgan fingerprint density at radius 3 is 2.33 bits per heavy atom. The highest BCUT2D eigenvalue weighted by Gasteiger charge is 2.53. The van der Waals surface area contributed by atoms with Gasteiger partial charge >= 0.3 is 11.9 Å². The van der Waals surface area contributed by atoms with E-state index in [4.69, 9.17) is 28.4 Å². The highest BCUT2D eigenvalue weighted by molar-refractivity contribution is 5.90. The third kappa shape index (κ3) is 6.05. The van der Waals surface area contributed by atoms with Gasteiger partial charge in [0.1, 0.15) is 36.3 Å². The highest BCUT2D eigenvalue weighted by Crippen LogP contribution is 2.45. The number of esters is 2. The summed E-state index contributed by atoms with van der Waals surface area (Å²) in [7, 11) is 2.71. The second kappa shape index (κ2) is 12.9. The van der Waals surface area contributed by atoms with Crippen molar-refractivity contribution < 1.29 is 63.5 Å². The number of methoxy groups -OCH3 is 2. The molecule has 1 fully saturated rings. The van der Waals surface area contributed by atoms with Gasteiger partial charge in [0.25, 0.3) is 0 Å². The monoisotopic (exact) mass is 564 g/mol. The van der Waals surface area contributed by atoms with Crippen molar-refractivity contribution in [2.75, 3.05) is 27.4 Å². The number of fused-ring (bicyclic) bond motifs is 1. The molecule has 0 radical (unpaired) electrons. The van der Waals surface area contributed by atoms with Crippen molar-refractivity contribution in [3.05, 3.63) is 59.4 Å². The molecule has 13 nitrogen and oxygen atoms in total. The summed E-state index contributed by atoms with van der Waals surface area (Å²) in [5.41, 5.74) is 1.03. The highest BCUT2D eigenvalue weighted by atomic mass is 16.8. The Labute approximate surface area is 229 Å². The fourth-order valence-electron chi connectivity index (χ4n) is 4.93. The van der Waals surface area contributed by atoms with Crippen molar-refractivity contribution in [2.45, 2.75) is 43.1 Å². The molecule has 0 saturated carbocycles. The smallest absolute Gasteiger partial charge is 0.337 e. The van der Waals surface area contributed by atoms with E-state index in [0.29, 0.717) is 16.9 Å². The van der Waals surface area contributed by atoms with Gasteiger partial charge in [0.05, 0.1) is 45.2 Å². The topological polar surface area (TPSA) is 191 Å². The van der Waals surface area contributed by atoms with Crippen LogP contribution in [0.25, 0.3) is 6.08 Å². The van der Waals surface area contributed by atoms with E-state index in [0.717, 1.165) is 6.26 Å². The van der Waals surface area contributed by atoms with E-state index in [1.54, 1.807) is 24.3 Å². The molecule has 9 atom stereocenters. The fourth-order valence-corrected chi connectivity index (χ4v) is 4.93. The van der Waals surface area contributed by atoms with Crippen LogP contribution in [0.2, 0.25) is 0 Å². The number of benzene rings is 1. The van der Waals surface area contributed by atoms with Crippen molar-refractivity contribution >= 4 is 18.0 Å². The van der Waals surface area contributed by atoms with Gasteiger partial charge < -0.3 is 54.0 Å². The van der Waals surface area contributed by atoms with Crippen LogP contribution >= 0.6 is 0 Å². The molecule has 1 saturated heterocycles.